The molecule has 1 aliphatic heterocycles. The number of aromatic nitrogens is 2. The van der Waals surface area contributed by atoms with Gasteiger partial charge in [0.1, 0.15) is 5.75 Å². The van der Waals surface area contributed by atoms with E-state index in [0.29, 0.717) is 6.61 Å². The summed E-state index contributed by atoms with van der Waals surface area (Å²) in [6.07, 6.45) is 4.53. The molecule has 0 fully saturated rings. The van der Waals surface area contributed by atoms with E-state index in [1.165, 1.54) is 0 Å². The van der Waals surface area contributed by atoms with E-state index in [9.17, 15) is 0 Å². The van der Waals surface area contributed by atoms with Crippen LogP contribution in [0.2, 0.25) is 0 Å². The molecule has 1 aromatic heterocycles. The van der Waals surface area contributed by atoms with Crippen LogP contribution >= 0.6 is 0 Å². The van der Waals surface area contributed by atoms with Gasteiger partial charge in [0.2, 0.25) is 0 Å². The third kappa shape index (κ3) is 2.58. The molecule has 2 aromatic carbocycles. The van der Waals surface area contributed by atoms with Crippen molar-refractivity contribution < 1.29 is 4.74 Å². The van der Waals surface area contributed by atoms with Crippen molar-refractivity contribution in [3.63, 3.8) is 0 Å². The van der Waals surface area contributed by atoms with Crippen LogP contribution in [0.1, 0.15) is 18.0 Å². The molecule has 1 aliphatic rings. The summed E-state index contributed by atoms with van der Waals surface area (Å²) in [5.74, 6) is 1.58. The quantitative estimate of drug-likeness (QED) is 0.786. The SMILES string of the molecule is NC1CCOc2c(-c3cnc(-c4ccccc4)nc3)cccc21. The topological polar surface area (TPSA) is 61.0 Å². The van der Waals surface area contributed by atoms with E-state index in [-0.39, 0.29) is 6.04 Å². The molecule has 0 radical (unpaired) electrons. The zero-order valence-electron chi connectivity index (χ0n) is 12.6. The number of nitrogens with two attached hydrogens (primary N) is 1. The Bertz CT molecular complexity index is 816. The van der Waals surface area contributed by atoms with Gasteiger partial charge in [0.15, 0.2) is 5.82 Å². The van der Waals surface area contributed by atoms with Crippen LogP contribution in [0.3, 0.4) is 0 Å². The maximum atomic E-state index is 6.18. The number of nitrogens with zero attached hydrogens (tertiary/aromatic N) is 2. The Morgan fingerprint density at radius 2 is 1.70 bits per heavy atom. The Morgan fingerprint density at radius 1 is 0.913 bits per heavy atom. The third-order valence-electron chi connectivity index (χ3n) is 4.12. The van der Waals surface area contributed by atoms with Crippen molar-refractivity contribution in [1.82, 2.24) is 9.97 Å². The van der Waals surface area contributed by atoms with Gasteiger partial charge in [-0.25, -0.2) is 9.97 Å². The van der Waals surface area contributed by atoms with Crippen LogP contribution < -0.4 is 10.5 Å². The normalized spacial score (nSPS) is 16.5. The minimum absolute atomic E-state index is 0.0308. The highest BCUT2D eigenvalue weighted by atomic mass is 16.5. The first kappa shape index (κ1) is 13.9. The van der Waals surface area contributed by atoms with Crippen LogP contribution in [-0.4, -0.2) is 16.6 Å². The van der Waals surface area contributed by atoms with E-state index in [0.717, 1.165) is 40.2 Å². The second-order valence-corrected chi connectivity index (χ2v) is 5.63. The van der Waals surface area contributed by atoms with Crippen molar-refractivity contribution in [1.29, 1.82) is 0 Å². The second-order valence-electron chi connectivity index (χ2n) is 5.63. The van der Waals surface area contributed by atoms with E-state index in [1.807, 2.05) is 60.9 Å². The van der Waals surface area contributed by atoms with Gasteiger partial charge in [-0.1, -0.05) is 48.5 Å². The summed E-state index contributed by atoms with van der Waals surface area (Å²) in [6.45, 7) is 0.647. The van der Waals surface area contributed by atoms with Gasteiger partial charge in [0.05, 0.1) is 6.61 Å². The highest BCUT2D eigenvalue weighted by molar-refractivity contribution is 5.72. The molecule has 0 saturated carbocycles. The van der Waals surface area contributed by atoms with Crippen LogP contribution in [0.4, 0.5) is 0 Å². The molecular formula is C19H17N3O. The summed E-state index contributed by atoms with van der Waals surface area (Å²) in [7, 11) is 0. The number of hydrogen-bond donors (Lipinski definition) is 1. The number of para-hydroxylation sites is 1. The molecule has 3 aromatic rings. The standard InChI is InChI=1S/C19H17N3O/c20-17-9-10-23-18-15(7-4-8-16(17)18)14-11-21-19(22-12-14)13-5-2-1-3-6-13/h1-8,11-12,17H,9-10,20H2. The minimum Gasteiger partial charge on any atom is -0.493 e. The Labute approximate surface area is 135 Å². The molecule has 23 heavy (non-hydrogen) atoms. The van der Waals surface area contributed by atoms with Crippen molar-refractivity contribution in [2.24, 2.45) is 5.73 Å². The van der Waals surface area contributed by atoms with Crippen LogP contribution in [-0.2, 0) is 0 Å². The zero-order chi connectivity index (χ0) is 15.6. The zero-order valence-corrected chi connectivity index (χ0v) is 12.6. The van der Waals surface area contributed by atoms with Gasteiger partial charge in [-0.15, -0.1) is 0 Å². The lowest BCUT2D eigenvalue weighted by Gasteiger charge is -2.25. The average Bonchev–Trinajstić information content (AvgIpc) is 2.63. The Morgan fingerprint density at radius 3 is 2.48 bits per heavy atom. The number of hydrogen-bond acceptors (Lipinski definition) is 4. The molecule has 4 rings (SSSR count). The van der Waals surface area contributed by atoms with Crippen molar-refractivity contribution in [3.8, 4) is 28.3 Å². The molecule has 0 aliphatic carbocycles. The molecule has 2 heterocycles. The Hall–Kier alpha value is -2.72. The van der Waals surface area contributed by atoms with Crippen LogP contribution in [0.25, 0.3) is 22.5 Å². The van der Waals surface area contributed by atoms with Crippen LogP contribution in [0.15, 0.2) is 60.9 Å². The fourth-order valence-electron chi connectivity index (χ4n) is 2.88. The molecule has 1 atom stereocenters. The van der Waals surface area contributed by atoms with Gasteiger partial charge in [-0.05, 0) is 0 Å². The summed E-state index contributed by atoms with van der Waals surface area (Å²) in [5.41, 5.74) is 10.2. The number of ether oxygens (including phenoxy) is 1. The Kier molecular flexibility index (Phi) is 3.52. The molecule has 0 bridgehead atoms. The van der Waals surface area contributed by atoms with Crippen LogP contribution in [0, 0.1) is 0 Å². The molecule has 114 valence electrons. The number of rotatable bonds is 2. The molecule has 0 saturated heterocycles. The smallest absolute Gasteiger partial charge is 0.159 e. The lowest BCUT2D eigenvalue weighted by atomic mass is 9.96. The monoisotopic (exact) mass is 303 g/mol. The van der Waals surface area contributed by atoms with Gasteiger partial charge < -0.3 is 10.5 Å². The first-order valence-corrected chi connectivity index (χ1v) is 7.72. The van der Waals surface area contributed by atoms with Crippen LogP contribution in [0.5, 0.6) is 5.75 Å². The third-order valence-corrected chi connectivity index (χ3v) is 4.12. The Balaban J connectivity index is 1.73. The average molecular weight is 303 g/mol. The summed E-state index contributed by atoms with van der Waals surface area (Å²) in [5, 5.41) is 0. The largest absolute Gasteiger partial charge is 0.493 e. The lowest BCUT2D eigenvalue weighted by Crippen LogP contribution is -2.20. The number of benzene rings is 2. The lowest BCUT2D eigenvalue weighted by molar-refractivity contribution is 0.270. The number of fused-ring (bicyclic) bond motifs is 1. The summed E-state index contributed by atoms with van der Waals surface area (Å²) >= 11 is 0. The molecule has 0 amide bonds. The van der Waals surface area contributed by atoms with E-state index in [1.54, 1.807) is 0 Å². The van der Waals surface area contributed by atoms with Gasteiger partial charge >= 0.3 is 0 Å². The van der Waals surface area contributed by atoms with E-state index < -0.39 is 0 Å². The molecule has 0 spiro atoms. The first-order chi connectivity index (χ1) is 11.3. The maximum Gasteiger partial charge on any atom is 0.159 e. The van der Waals surface area contributed by atoms with Gasteiger partial charge in [0, 0.05) is 47.1 Å². The van der Waals surface area contributed by atoms with E-state index >= 15 is 0 Å². The van der Waals surface area contributed by atoms with E-state index in [4.69, 9.17) is 10.5 Å². The molecule has 1 unspecified atom stereocenters. The van der Waals surface area contributed by atoms with Crippen molar-refractivity contribution in [2.45, 2.75) is 12.5 Å². The van der Waals surface area contributed by atoms with Crippen molar-refractivity contribution in [3.05, 3.63) is 66.5 Å². The highest BCUT2D eigenvalue weighted by Crippen LogP contribution is 2.38. The molecule has 4 nitrogen and oxygen atoms in total. The van der Waals surface area contributed by atoms with Gasteiger partial charge in [0.25, 0.3) is 0 Å². The van der Waals surface area contributed by atoms with Crippen molar-refractivity contribution in [2.75, 3.05) is 6.61 Å². The fraction of sp³-hybridized carbons (Fsp3) is 0.158. The molecular weight excluding hydrogens is 286 g/mol. The molecule has 2 N–H and O–H groups in total. The van der Waals surface area contributed by atoms with Crippen molar-refractivity contribution >= 4 is 0 Å². The van der Waals surface area contributed by atoms with Gasteiger partial charge in [-0.3, -0.25) is 0 Å². The fourth-order valence-corrected chi connectivity index (χ4v) is 2.88. The first-order valence-electron chi connectivity index (χ1n) is 7.72. The summed E-state index contributed by atoms with van der Waals surface area (Å²) in [6, 6.07) is 16.0. The molecule has 4 heteroatoms. The summed E-state index contributed by atoms with van der Waals surface area (Å²) in [4.78, 5) is 8.99. The highest BCUT2D eigenvalue weighted by Gasteiger charge is 2.21. The second kappa shape index (κ2) is 5.82. The predicted molar refractivity (Wildman–Crippen MR) is 89.9 cm³/mol. The maximum absolute atomic E-state index is 6.18. The van der Waals surface area contributed by atoms with Gasteiger partial charge in [-0.2, -0.15) is 0 Å². The summed E-state index contributed by atoms with van der Waals surface area (Å²) < 4.78 is 5.86. The van der Waals surface area contributed by atoms with E-state index in [2.05, 4.69) is 9.97 Å². The predicted octanol–water partition coefficient (Wildman–Crippen LogP) is 3.59. The minimum atomic E-state index is 0.0308.